The number of carbonyl (C=O) groups is 1. The third-order valence-electron chi connectivity index (χ3n) is 7.18. The molecule has 204 valence electrons. The molecule has 2 atom stereocenters. The highest BCUT2D eigenvalue weighted by Gasteiger charge is 2.42. The maximum atomic E-state index is 14.7. The second-order valence-corrected chi connectivity index (χ2v) is 10.1. The van der Waals surface area contributed by atoms with Gasteiger partial charge >= 0.3 is 5.97 Å². The van der Waals surface area contributed by atoms with Crippen molar-refractivity contribution < 1.29 is 18.3 Å². The van der Waals surface area contributed by atoms with Gasteiger partial charge < -0.3 is 15.0 Å². The van der Waals surface area contributed by atoms with Crippen LogP contribution in [0.25, 0.3) is 0 Å². The van der Waals surface area contributed by atoms with Crippen molar-refractivity contribution in [3.05, 3.63) is 142 Å². The van der Waals surface area contributed by atoms with Crippen LogP contribution in [0.2, 0.25) is 0 Å². The Balaban J connectivity index is 1.79. The highest BCUT2D eigenvalue weighted by molar-refractivity contribution is 5.93. The van der Waals surface area contributed by atoms with Gasteiger partial charge in [-0.05, 0) is 80.4 Å². The molecule has 0 fully saturated rings. The molecule has 4 aromatic rings. The molecule has 1 heterocycles. The standard InChI is InChI=1S/C34H32F2N2O2/c1-4-40-34(39)32-30(37-28-15-11-22(2)12-16-28)21-31(24-7-5-9-26(35)19-24)38(29-17-13-23(3)14-18-29)33(32)25-8-6-10-27(36)20-25/h5-20,31,33,37H,4,21H2,1-3H3. The summed E-state index contributed by atoms with van der Waals surface area (Å²) in [5.41, 5.74) is 6.19. The van der Waals surface area contributed by atoms with Crippen LogP contribution in [0, 0.1) is 25.5 Å². The molecule has 40 heavy (non-hydrogen) atoms. The lowest BCUT2D eigenvalue weighted by Gasteiger charge is -2.46. The molecule has 1 aliphatic heterocycles. The predicted octanol–water partition coefficient (Wildman–Crippen LogP) is 8.20. The van der Waals surface area contributed by atoms with Crippen molar-refractivity contribution >= 4 is 17.3 Å². The Bertz CT molecular complexity index is 1530. The molecule has 0 aromatic heterocycles. The summed E-state index contributed by atoms with van der Waals surface area (Å²) < 4.78 is 34.9. The van der Waals surface area contributed by atoms with E-state index in [0.29, 0.717) is 23.3 Å². The highest BCUT2D eigenvalue weighted by atomic mass is 19.1. The van der Waals surface area contributed by atoms with E-state index in [1.54, 1.807) is 19.1 Å². The second kappa shape index (κ2) is 11.7. The molecular formula is C34H32F2N2O2. The van der Waals surface area contributed by atoms with Gasteiger partial charge in [0.05, 0.1) is 24.3 Å². The fourth-order valence-electron chi connectivity index (χ4n) is 5.30. The van der Waals surface area contributed by atoms with Crippen molar-refractivity contribution in [2.45, 2.75) is 39.3 Å². The average molecular weight is 539 g/mol. The molecule has 0 bridgehead atoms. The summed E-state index contributed by atoms with van der Waals surface area (Å²) in [7, 11) is 0. The van der Waals surface area contributed by atoms with Gasteiger partial charge in [-0.1, -0.05) is 59.7 Å². The summed E-state index contributed by atoms with van der Waals surface area (Å²) in [5.74, 6) is -1.25. The van der Waals surface area contributed by atoms with Crippen molar-refractivity contribution in [1.29, 1.82) is 0 Å². The van der Waals surface area contributed by atoms with Gasteiger partial charge in [-0.2, -0.15) is 0 Å². The first-order chi connectivity index (χ1) is 19.3. The van der Waals surface area contributed by atoms with Crippen molar-refractivity contribution in [3.8, 4) is 0 Å². The molecule has 0 radical (unpaired) electrons. The first-order valence-corrected chi connectivity index (χ1v) is 13.4. The van der Waals surface area contributed by atoms with Crippen molar-refractivity contribution in [1.82, 2.24) is 0 Å². The summed E-state index contributed by atoms with van der Waals surface area (Å²) in [6, 6.07) is 27.5. The van der Waals surface area contributed by atoms with Crippen molar-refractivity contribution in [3.63, 3.8) is 0 Å². The van der Waals surface area contributed by atoms with E-state index >= 15 is 0 Å². The zero-order valence-electron chi connectivity index (χ0n) is 22.8. The fraction of sp³-hybridized carbons (Fsp3) is 0.206. The van der Waals surface area contributed by atoms with E-state index in [0.717, 1.165) is 28.1 Å². The van der Waals surface area contributed by atoms with Gasteiger partial charge in [-0.15, -0.1) is 0 Å². The quantitative estimate of drug-likeness (QED) is 0.241. The summed E-state index contributed by atoms with van der Waals surface area (Å²) in [6.45, 7) is 5.96. The molecule has 0 saturated heterocycles. The number of benzene rings is 4. The molecule has 5 rings (SSSR count). The van der Waals surface area contributed by atoms with Crippen LogP contribution < -0.4 is 10.2 Å². The first-order valence-electron chi connectivity index (χ1n) is 13.4. The third-order valence-corrected chi connectivity index (χ3v) is 7.18. The van der Waals surface area contributed by atoms with E-state index in [4.69, 9.17) is 4.74 Å². The molecule has 0 saturated carbocycles. The molecule has 1 aliphatic rings. The normalized spacial score (nSPS) is 17.1. The largest absolute Gasteiger partial charge is 0.463 e. The molecule has 0 amide bonds. The van der Waals surface area contributed by atoms with E-state index in [1.165, 1.54) is 24.3 Å². The Morgan fingerprint density at radius 2 is 1.43 bits per heavy atom. The van der Waals surface area contributed by atoms with Crippen LogP contribution in [-0.4, -0.2) is 12.6 Å². The maximum Gasteiger partial charge on any atom is 0.338 e. The van der Waals surface area contributed by atoms with Crippen molar-refractivity contribution in [2.24, 2.45) is 0 Å². The Morgan fingerprint density at radius 1 is 0.850 bits per heavy atom. The first kappa shape index (κ1) is 27.1. The minimum atomic E-state index is -0.715. The molecule has 4 aromatic carbocycles. The van der Waals surface area contributed by atoms with Crippen LogP contribution in [0.5, 0.6) is 0 Å². The molecule has 2 unspecified atom stereocenters. The predicted molar refractivity (Wildman–Crippen MR) is 155 cm³/mol. The SMILES string of the molecule is CCOC(=O)C1=C(Nc2ccc(C)cc2)CC(c2cccc(F)c2)N(c2ccc(C)cc2)C1c1cccc(F)c1. The lowest BCUT2D eigenvalue weighted by Crippen LogP contribution is -2.42. The van der Waals surface area contributed by atoms with Crippen LogP contribution in [0.15, 0.2) is 108 Å². The Morgan fingerprint density at radius 3 is 2.02 bits per heavy atom. The second-order valence-electron chi connectivity index (χ2n) is 10.1. The number of aryl methyl sites for hydroxylation is 2. The lowest BCUT2D eigenvalue weighted by atomic mass is 9.84. The van der Waals surface area contributed by atoms with E-state index in [2.05, 4.69) is 10.2 Å². The van der Waals surface area contributed by atoms with Crippen LogP contribution in [0.4, 0.5) is 20.2 Å². The van der Waals surface area contributed by atoms with E-state index in [1.807, 2.05) is 74.5 Å². The fourth-order valence-corrected chi connectivity index (χ4v) is 5.30. The average Bonchev–Trinajstić information content (AvgIpc) is 2.94. The monoisotopic (exact) mass is 538 g/mol. The molecule has 0 aliphatic carbocycles. The summed E-state index contributed by atoms with van der Waals surface area (Å²) in [4.78, 5) is 15.8. The number of anilines is 2. The van der Waals surface area contributed by atoms with Crippen LogP contribution in [0.1, 0.15) is 47.7 Å². The number of carbonyl (C=O) groups excluding carboxylic acids is 1. The summed E-state index contributed by atoms with van der Waals surface area (Å²) in [5, 5.41) is 3.47. The minimum Gasteiger partial charge on any atom is -0.463 e. The van der Waals surface area contributed by atoms with Gasteiger partial charge in [0.15, 0.2) is 0 Å². The Kier molecular flexibility index (Phi) is 7.96. The number of esters is 1. The molecule has 1 N–H and O–H groups in total. The summed E-state index contributed by atoms with van der Waals surface area (Å²) >= 11 is 0. The smallest absolute Gasteiger partial charge is 0.338 e. The minimum absolute atomic E-state index is 0.188. The van der Waals surface area contributed by atoms with E-state index < -0.39 is 17.8 Å². The van der Waals surface area contributed by atoms with Gasteiger partial charge in [0.1, 0.15) is 11.6 Å². The highest BCUT2D eigenvalue weighted by Crippen LogP contribution is 2.48. The van der Waals surface area contributed by atoms with Crippen molar-refractivity contribution in [2.75, 3.05) is 16.8 Å². The number of rotatable bonds is 7. The summed E-state index contributed by atoms with van der Waals surface area (Å²) in [6.07, 6.45) is 0.366. The van der Waals surface area contributed by atoms with Gasteiger partial charge in [0.2, 0.25) is 0 Å². The number of nitrogens with zero attached hydrogens (tertiary/aromatic N) is 1. The lowest BCUT2D eigenvalue weighted by molar-refractivity contribution is -0.139. The van der Waals surface area contributed by atoms with E-state index in [9.17, 15) is 13.6 Å². The molecule has 6 heteroatoms. The third kappa shape index (κ3) is 5.76. The zero-order valence-corrected chi connectivity index (χ0v) is 22.8. The molecule has 0 spiro atoms. The van der Waals surface area contributed by atoms with Gasteiger partial charge in [0.25, 0.3) is 0 Å². The molecular weight excluding hydrogens is 506 g/mol. The van der Waals surface area contributed by atoms with Crippen LogP contribution >= 0.6 is 0 Å². The number of ether oxygens (including phenoxy) is 1. The number of halogens is 2. The molecule has 4 nitrogen and oxygen atoms in total. The van der Waals surface area contributed by atoms with Gasteiger partial charge in [0, 0.05) is 23.5 Å². The van der Waals surface area contributed by atoms with Crippen LogP contribution in [0.3, 0.4) is 0 Å². The van der Waals surface area contributed by atoms with E-state index in [-0.39, 0.29) is 18.5 Å². The van der Waals surface area contributed by atoms with Crippen LogP contribution in [-0.2, 0) is 9.53 Å². The van der Waals surface area contributed by atoms with Gasteiger partial charge in [-0.25, -0.2) is 13.6 Å². The topological polar surface area (TPSA) is 41.6 Å². The number of hydrogen-bond donors (Lipinski definition) is 1. The number of nitrogens with one attached hydrogen (secondary N) is 1. The number of hydrogen-bond acceptors (Lipinski definition) is 4. The maximum absolute atomic E-state index is 14.7. The van der Waals surface area contributed by atoms with Gasteiger partial charge in [-0.3, -0.25) is 0 Å². The zero-order chi connectivity index (χ0) is 28.2. The Hall–Kier alpha value is -4.45. The Labute approximate surface area is 233 Å².